The molecular weight excluding hydrogens is 622 g/mol. The number of hydrogen-bond acceptors (Lipinski definition) is 8. The average molecular weight is 666 g/mol. The van der Waals surface area contributed by atoms with Gasteiger partial charge in [0.1, 0.15) is 6.61 Å². The van der Waals surface area contributed by atoms with Gasteiger partial charge in [0.25, 0.3) is 5.91 Å². The van der Waals surface area contributed by atoms with Crippen molar-refractivity contribution >= 4 is 29.3 Å². The average Bonchev–Trinajstić information content (AvgIpc) is 3.13. The molecule has 5 rings (SSSR count). The molecule has 1 aliphatic rings. The number of aromatic hydroxyl groups is 1. The standard InChI is InChI=1S/C38H43N5O6/c1-3-42(39-27-28-19-20-34(44)35(25-28)48-2)37(46)30-15-12-16-31(26-30)40-36(45)21-24-49-38(47)43(41-22-10-5-11-23-41)33-18-9-8-17-32(33)29-13-6-4-7-14-29/h4,6-9,12-20,25-26,39,44H,3,5,10-11,21-24,27H2,1-2H3,(H,40,45). The second-order valence-corrected chi connectivity index (χ2v) is 11.6. The second kappa shape index (κ2) is 17.1. The van der Waals surface area contributed by atoms with E-state index in [-0.39, 0.29) is 30.6 Å². The summed E-state index contributed by atoms with van der Waals surface area (Å²) >= 11 is 0. The Morgan fingerprint density at radius 1 is 0.878 bits per heavy atom. The van der Waals surface area contributed by atoms with E-state index in [2.05, 4.69) is 10.7 Å². The predicted molar refractivity (Wildman–Crippen MR) is 189 cm³/mol. The lowest BCUT2D eigenvalue weighted by molar-refractivity contribution is -0.116. The third-order valence-corrected chi connectivity index (χ3v) is 8.23. The molecule has 49 heavy (non-hydrogen) atoms. The van der Waals surface area contributed by atoms with Crippen molar-refractivity contribution in [1.82, 2.24) is 15.4 Å². The van der Waals surface area contributed by atoms with Gasteiger partial charge in [-0.3, -0.25) is 14.6 Å². The molecule has 4 aromatic rings. The first-order valence-corrected chi connectivity index (χ1v) is 16.5. The monoisotopic (exact) mass is 665 g/mol. The minimum absolute atomic E-state index is 0.0377. The van der Waals surface area contributed by atoms with Crippen LogP contribution in [0.4, 0.5) is 16.2 Å². The summed E-state index contributed by atoms with van der Waals surface area (Å²) in [6, 6.07) is 29.3. The number of hydrazine groups is 2. The van der Waals surface area contributed by atoms with Gasteiger partial charge in [-0.05, 0) is 67.3 Å². The van der Waals surface area contributed by atoms with Crippen LogP contribution in [0, 0.1) is 0 Å². The molecule has 11 heteroatoms. The molecule has 4 aromatic carbocycles. The van der Waals surface area contributed by atoms with Crippen molar-refractivity contribution in [3.8, 4) is 22.6 Å². The highest BCUT2D eigenvalue weighted by molar-refractivity contribution is 5.97. The Kier molecular flexibility index (Phi) is 12.2. The van der Waals surface area contributed by atoms with E-state index in [0.29, 0.717) is 30.1 Å². The number of para-hydroxylation sites is 1. The molecule has 3 N–H and O–H groups in total. The van der Waals surface area contributed by atoms with Crippen LogP contribution < -0.4 is 20.5 Å². The van der Waals surface area contributed by atoms with Gasteiger partial charge >= 0.3 is 6.09 Å². The van der Waals surface area contributed by atoms with E-state index in [9.17, 15) is 19.5 Å². The smallest absolute Gasteiger partial charge is 0.429 e. The zero-order valence-electron chi connectivity index (χ0n) is 27.9. The van der Waals surface area contributed by atoms with Crippen molar-refractivity contribution < 1.29 is 29.0 Å². The van der Waals surface area contributed by atoms with Crippen LogP contribution in [-0.4, -0.2) is 66.4 Å². The number of piperidine rings is 1. The van der Waals surface area contributed by atoms with E-state index < -0.39 is 6.09 Å². The van der Waals surface area contributed by atoms with Gasteiger partial charge in [-0.25, -0.2) is 20.2 Å². The van der Waals surface area contributed by atoms with Gasteiger partial charge in [0.05, 0.1) is 19.2 Å². The van der Waals surface area contributed by atoms with Crippen molar-refractivity contribution in [2.45, 2.75) is 39.2 Å². The van der Waals surface area contributed by atoms with Crippen molar-refractivity contribution in [2.24, 2.45) is 0 Å². The lowest BCUT2D eigenvalue weighted by atomic mass is 10.0. The van der Waals surface area contributed by atoms with E-state index in [0.717, 1.165) is 54.7 Å². The zero-order chi connectivity index (χ0) is 34.6. The number of carbonyl (C=O) groups excluding carboxylic acids is 3. The second-order valence-electron chi connectivity index (χ2n) is 11.6. The van der Waals surface area contributed by atoms with Crippen LogP contribution in [0.3, 0.4) is 0 Å². The Labute approximate surface area is 287 Å². The van der Waals surface area contributed by atoms with E-state index in [1.54, 1.807) is 41.4 Å². The Balaban J connectivity index is 1.19. The Bertz CT molecular complexity index is 1730. The minimum Gasteiger partial charge on any atom is -0.504 e. The van der Waals surface area contributed by atoms with Gasteiger partial charge in [0.2, 0.25) is 5.91 Å². The van der Waals surface area contributed by atoms with Crippen LogP contribution >= 0.6 is 0 Å². The summed E-state index contributed by atoms with van der Waals surface area (Å²) in [6.07, 6.45) is 2.46. The third kappa shape index (κ3) is 9.16. The molecule has 1 saturated heterocycles. The van der Waals surface area contributed by atoms with Crippen LogP contribution in [0.25, 0.3) is 11.1 Å². The molecule has 1 fully saturated rings. The summed E-state index contributed by atoms with van der Waals surface area (Å²) in [6.45, 7) is 3.91. The Hall–Kier alpha value is -5.39. The number of nitrogens with one attached hydrogen (secondary N) is 2. The molecule has 0 aliphatic carbocycles. The summed E-state index contributed by atoms with van der Waals surface area (Å²) in [5.74, 6) is -0.236. The van der Waals surface area contributed by atoms with Crippen molar-refractivity contribution in [1.29, 1.82) is 0 Å². The van der Waals surface area contributed by atoms with Crippen LogP contribution in [0.2, 0.25) is 0 Å². The number of amides is 3. The Morgan fingerprint density at radius 2 is 1.63 bits per heavy atom. The van der Waals surface area contributed by atoms with Gasteiger partial charge < -0.3 is 19.9 Å². The molecule has 0 saturated carbocycles. The van der Waals surface area contributed by atoms with Crippen molar-refractivity contribution in [3.63, 3.8) is 0 Å². The summed E-state index contributed by atoms with van der Waals surface area (Å²) in [5, 5.41) is 17.8. The SMILES string of the molecule is CCN(NCc1ccc(O)c(OC)c1)C(=O)c1cccc(NC(=O)CCOC(=O)N(c2ccccc2-c2ccccc2)N2CCCCC2)c1. The molecule has 0 radical (unpaired) electrons. The number of ether oxygens (including phenoxy) is 2. The molecule has 0 unspecified atom stereocenters. The minimum atomic E-state index is -0.538. The highest BCUT2D eigenvalue weighted by Gasteiger charge is 2.28. The van der Waals surface area contributed by atoms with Crippen molar-refractivity contribution in [3.05, 3.63) is 108 Å². The lowest BCUT2D eigenvalue weighted by Crippen LogP contribution is -2.49. The summed E-state index contributed by atoms with van der Waals surface area (Å²) in [5.41, 5.74) is 7.40. The van der Waals surface area contributed by atoms with Gasteiger partial charge in [0, 0.05) is 43.0 Å². The zero-order valence-corrected chi connectivity index (χ0v) is 27.9. The normalized spacial score (nSPS) is 12.9. The number of carbonyl (C=O) groups is 3. The molecular formula is C38H43N5O6. The van der Waals surface area contributed by atoms with Crippen LogP contribution in [0.5, 0.6) is 11.5 Å². The fourth-order valence-corrected chi connectivity index (χ4v) is 5.71. The highest BCUT2D eigenvalue weighted by Crippen LogP contribution is 2.33. The lowest BCUT2D eigenvalue weighted by Gasteiger charge is -2.37. The molecule has 0 aromatic heterocycles. The van der Waals surface area contributed by atoms with E-state index >= 15 is 0 Å². The first-order chi connectivity index (χ1) is 23.9. The highest BCUT2D eigenvalue weighted by atomic mass is 16.6. The summed E-state index contributed by atoms with van der Waals surface area (Å²) in [4.78, 5) is 39.9. The van der Waals surface area contributed by atoms with Gasteiger partial charge in [-0.1, -0.05) is 67.1 Å². The molecule has 1 aliphatic heterocycles. The first-order valence-electron chi connectivity index (χ1n) is 16.5. The number of nitrogens with zero attached hydrogens (tertiary/aromatic N) is 3. The molecule has 0 bridgehead atoms. The fourth-order valence-electron chi connectivity index (χ4n) is 5.71. The number of hydrogen-bond donors (Lipinski definition) is 3. The number of phenols is 1. The van der Waals surface area contributed by atoms with Crippen LogP contribution in [-0.2, 0) is 16.1 Å². The van der Waals surface area contributed by atoms with Crippen molar-refractivity contribution in [2.75, 3.05) is 43.7 Å². The largest absolute Gasteiger partial charge is 0.504 e. The van der Waals surface area contributed by atoms with Crippen LogP contribution in [0.1, 0.15) is 48.5 Å². The number of phenolic OH excluding ortho intramolecular Hbond substituents is 1. The number of methoxy groups -OCH3 is 1. The van der Waals surface area contributed by atoms with E-state index in [1.165, 1.54) is 18.2 Å². The maximum absolute atomic E-state index is 13.6. The number of anilines is 2. The van der Waals surface area contributed by atoms with E-state index in [1.807, 2.05) is 66.5 Å². The molecule has 0 atom stereocenters. The summed E-state index contributed by atoms with van der Waals surface area (Å²) < 4.78 is 10.9. The van der Waals surface area contributed by atoms with Gasteiger partial charge in [-0.2, -0.15) is 0 Å². The molecule has 1 heterocycles. The molecule has 11 nitrogen and oxygen atoms in total. The maximum Gasteiger partial charge on any atom is 0.429 e. The number of rotatable bonds is 13. The third-order valence-electron chi connectivity index (χ3n) is 8.23. The first kappa shape index (κ1) is 34.9. The quantitative estimate of drug-likeness (QED) is 0.136. The predicted octanol–water partition coefficient (Wildman–Crippen LogP) is 6.61. The maximum atomic E-state index is 13.6. The molecule has 256 valence electrons. The van der Waals surface area contributed by atoms with Gasteiger partial charge in [0.15, 0.2) is 11.5 Å². The topological polar surface area (TPSA) is 124 Å². The van der Waals surface area contributed by atoms with Gasteiger partial charge in [-0.15, -0.1) is 0 Å². The molecule has 0 spiro atoms. The van der Waals surface area contributed by atoms with E-state index in [4.69, 9.17) is 9.47 Å². The van der Waals surface area contributed by atoms with Crippen LogP contribution in [0.15, 0.2) is 97.1 Å². The number of benzene rings is 4. The fraction of sp³-hybridized carbons (Fsp3) is 0.289. The molecule has 3 amide bonds. The summed E-state index contributed by atoms with van der Waals surface area (Å²) in [7, 11) is 1.48. The Morgan fingerprint density at radius 3 is 2.39 bits per heavy atom.